The van der Waals surface area contributed by atoms with Crippen molar-refractivity contribution in [3.63, 3.8) is 0 Å². The Morgan fingerprint density at radius 1 is 1.41 bits per heavy atom. The number of guanidine groups is 1. The lowest BCUT2D eigenvalue weighted by Crippen LogP contribution is -2.38. The first kappa shape index (κ1) is 17.2. The van der Waals surface area contributed by atoms with Gasteiger partial charge >= 0.3 is 0 Å². The minimum absolute atomic E-state index is 0.384. The van der Waals surface area contributed by atoms with Crippen LogP contribution in [0, 0.1) is 0 Å². The number of ether oxygens (including phenoxy) is 2. The van der Waals surface area contributed by atoms with Crippen molar-refractivity contribution in [2.75, 3.05) is 32.9 Å². The first-order chi connectivity index (χ1) is 10.9. The van der Waals surface area contributed by atoms with Crippen LogP contribution in [0.2, 0.25) is 0 Å². The third-order valence-corrected chi connectivity index (χ3v) is 4.21. The Morgan fingerprint density at radius 2 is 2.27 bits per heavy atom. The highest BCUT2D eigenvalue weighted by molar-refractivity contribution is 7.07. The van der Waals surface area contributed by atoms with Gasteiger partial charge < -0.3 is 20.1 Å². The van der Waals surface area contributed by atoms with Crippen LogP contribution in [0.25, 0.3) is 0 Å². The van der Waals surface area contributed by atoms with Crippen LogP contribution in [0.5, 0.6) is 0 Å². The second-order valence-corrected chi connectivity index (χ2v) is 6.07. The van der Waals surface area contributed by atoms with E-state index in [1.807, 2.05) is 0 Å². The SMILES string of the molecule is CCNC(=NCc1ccsc1)NCCCOC1CCOCC1. The molecule has 5 nitrogen and oxygen atoms in total. The molecule has 0 aliphatic carbocycles. The molecule has 6 heteroatoms. The first-order valence-electron chi connectivity index (χ1n) is 8.11. The monoisotopic (exact) mass is 325 g/mol. The molecule has 0 unspecified atom stereocenters. The van der Waals surface area contributed by atoms with Crippen LogP contribution in [0.4, 0.5) is 0 Å². The fourth-order valence-electron chi connectivity index (χ4n) is 2.27. The van der Waals surface area contributed by atoms with Gasteiger partial charge in [0.05, 0.1) is 12.6 Å². The summed E-state index contributed by atoms with van der Waals surface area (Å²) < 4.78 is 11.2. The molecular formula is C16H27N3O2S. The van der Waals surface area contributed by atoms with Crippen LogP contribution in [-0.2, 0) is 16.0 Å². The van der Waals surface area contributed by atoms with E-state index in [-0.39, 0.29) is 0 Å². The van der Waals surface area contributed by atoms with Crippen molar-refractivity contribution in [2.45, 2.75) is 38.8 Å². The Hall–Kier alpha value is -1.11. The van der Waals surface area contributed by atoms with Gasteiger partial charge in [-0.15, -0.1) is 0 Å². The predicted molar refractivity (Wildman–Crippen MR) is 91.5 cm³/mol. The molecule has 2 rings (SSSR count). The van der Waals surface area contributed by atoms with Gasteiger partial charge in [0.1, 0.15) is 0 Å². The van der Waals surface area contributed by atoms with Gasteiger partial charge in [0, 0.05) is 32.9 Å². The van der Waals surface area contributed by atoms with E-state index < -0.39 is 0 Å². The molecule has 1 aliphatic heterocycles. The summed E-state index contributed by atoms with van der Waals surface area (Å²) in [6.07, 6.45) is 3.42. The summed E-state index contributed by atoms with van der Waals surface area (Å²) in [6.45, 7) is 7.01. The van der Waals surface area contributed by atoms with Gasteiger partial charge in [-0.3, -0.25) is 0 Å². The molecule has 1 fully saturated rings. The molecule has 1 aromatic heterocycles. The molecule has 0 atom stereocenters. The zero-order valence-electron chi connectivity index (χ0n) is 13.3. The molecule has 22 heavy (non-hydrogen) atoms. The average Bonchev–Trinajstić information content (AvgIpc) is 3.06. The minimum atomic E-state index is 0.384. The van der Waals surface area contributed by atoms with Gasteiger partial charge in [-0.1, -0.05) is 0 Å². The average molecular weight is 325 g/mol. The zero-order valence-corrected chi connectivity index (χ0v) is 14.2. The van der Waals surface area contributed by atoms with E-state index >= 15 is 0 Å². The van der Waals surface area contributed by atoms with E-state index in [1.54, 1.807) is 11.3 Å². The van der Waals surface area contributed by atoms with E-state index in [0.717, 1.165) is 64.7 Å². The van der Waals surface area contributed by atoms with Crippen molar-refractivity contribution in [2.24, 2.45) is 4.99 Å². The third-order valence-electron chi connectivity index (χ3n) is 3.48. The number of hydrogen-bond donors (Lipinski definition) is 2. The lowest BCUT2D eigenvalue weighted by molar-refractivity contribution is -0.0320. The van der Waals surface area contributed by atoms with Gasteiger partial charge in [-0.25, -0.2) is 4.99 Å². The highest BCUT2D eigenvalue weighted by Gasteiger charge is 2.13. The van der Waals surface area contributed by atoms with Crippen LogP contribution in [-0.4, -0.2) is 45.0 Å². The van der Waals surface area contributed by atoms with Crippen molar-refractivity contribution in [1.82, 2.24) is 10.6 Å². The van der Waals surface area contributed by atoms with E-state index in [4.69, 9.17) is 9.47 Å². The fraction of sp³-hybridized carbons (Fsp3) is 0.688. The van der Waals surface area contributed by atoms with Crippen molar-refractivity contribution in [1.29, 1.82) is 0 Å². The maximum Gasteiger partial charge on any atom is 0.191 e. The van der Waals surface area contributed by atoms with Crippen molar-refractivity contribution in [3.8, 4) is 0 Å². The predicted octanol–water partition coefficient (Wildman–Crippen LogP) is 2.39. The molecular weight excluding hydrogens is 298 g/mol. The van der Waals surface area contributed by atoms with Crippen molar-refractivity contribution >= 4 is 17.3 Å². The van der Waals surface area contributed by atoms with Gasteiger partial charge in [-0.05, 0) is 48.6 Å². The zero-order chi connectivity index (χ0) is 15.5. The summed E-state index contributed by atoms with van der Waals surface area (Å²) in [5.74, 6) is 0.875. The molecule has 0 aromatic carbocycles. The highest BCUT2D eigenvalue weighted by Crippen LogP contribution is 2.10. The Kier molecular flexibility index (Phi) is 8.30. The standard InChI is InChI=1S/C16H27N3O2S/c1-2-17-16(19-12-14-6-11-22-13-14)18-7-3-8-21-15-4-9-20-10-5-15/h6,11,13,15H,2-5,7-10,12H2,1H3,(H2,17,18,19). The molecule has 0 bridgehead atoms. The Balaban J connectivity index is 1.60. The summed E-state index contributed by atoms with van der Waals surface area (Å²) in [5.41, 5.74) is 1.25. The molecule has 1 aromatic rings. The van der Waals surface area contributed by atoms with E-state index in [0.29, 0.717) is 6.10 Å². The smallest absolute Gasteiger partial charge is 0.191 e. The van der Waals surface area contributed by atoms with Crippen molar-refractivity contribution < 1.29 is 9.47 Å². The minimum Gasteiger partial charge on any atom is -0.381 e. The molecule has 0 amide bonds. The summed E-state index contributed by atoms with van der Waals surface area (Å²) >= 11 is 1.71. The molecule has 1 aliphatic rings. The molecule has 0 radical (unpaired) electrons. The number of rotatable bonds is 8. The van der Waals surface area contributed by atoms with Crippen molar-refractivity contribution in [3.05, 3.63) is 22.4 Å². The Labute approximate surface area is 137 Å². The fourth-order valence-corrected chi connectivity index (χ4v) is 2.93. The van der Waals surface area contributed by atoms with Gasteiger partial charge in [0.25, 0.3) is 0 Å². The largest absolute Gasteiger partial charge is 0.381 e. The first-order valence-corrected chi connectivity index (χ1v) is 9.05. The number of nitrogens with one attached hydrogen (secondary N) is 2. The number of hydrogen-bond acceptors (Lipinski definition) is 4. The van der Waals surface area contributed by atoms with Gasteiger partial charge in [-0.2, -0.15) is 11.3 Å². The van der Waals surface area contributed by atoms with E-state index in [2.05, 4.69) is 39.4 Å². The Morgan fingerprint density at radius 3 is 3.00 bits per heavy atom. The molecule has 2 N–H and O–H groups in total. The lowest BCUT2D eigenvalue weighted by atomic mass is 10.1. The summed E-state index contributed by atoms with van der Waals surface area (Å²) in [7, 11) is 0. The van der Waals surface area contributed by atoms with E-state index in [9.17, 15) is 0 Å². The molecule has 0 spiro atoms. The quantitative estimate of drug-likeness (QED) is 0.438. The summed E-state index contributed by atoms with van der Waals surface area (Å²) in [5, 5.41) is 10.8. The van der Waals surface area contributed by atoms with Crippen LogP contribution >= 0.6 is 11.3 Å². The second-order valence-electron chi connectivity index (χ2n) is 5.29. The van der Waals surface area contributed by atoms with Crippen LogP contribution in [0.1, 0.15) is 31.7 Å². The topological polar surface area (TPSA) is 54.9 Å². The summed E-state index contributed by atoms with van der Waals surface area (Å²) in [4.78, 5) is 4.59. The molecule has 124 valence electrons. The molecule has 0 saturated carbocycles. The molecule has 1 saturated heterocycles. The Bertz CT molecular complexity index is 417. The van der Waals surface area contributed by atoms with E-state index in [1.165, 1.54) is 5.56 Å². The molecule has 2 heterocycles. The lowest BCUT2D eigenvalue weighted by Gasteiger charge is -2.22. The van der Waals surface area contributed by atoms with Gasteiger partial charge in [0.15, 0.2) is 5.96 Å². The maximum atomic E-state index is 5.86. The maximum absolute atomic E-state index is 5.86. The van der Waals surface area contributed by atoms with Gasteiger partial charge in [0.2, 0.25) is 0 Å². The highest BCUT2D eigenvalue weighted by atomic mass is 32.1. The van der Waals surface area contributed by atoms with Crippen LogP contribution < -0.4 is 10.6 Å². The normalized spacial score (nSPS) is 16.7. The van der Waals surface area contributed by atoms with Crippen LogP contribution in [0.3, 0.4) is 0 Å². The summed E-state index contributed by atoms with van der Waals surface area (Å²) in [6, 6.07) is 2.11. The second kappa shape index (κ2) is 10.6. The number of nitrogens with zero attached hydrogens (tertiary/aromatic N) is 1. The number of aliphatic imine (C=N–C) groups is 1. The van der Waals surface area contributed by atoms with Crippen LogP contribution in [0.15, 0.2) is 21.8 Å². The third kappa shape index (κ3) is 6.77. The number of thiophene rings is 1.